The van der Waals surface area contributed by atoms with Gasteiger partial charge in [0.05, 0.1) is 11.9 Å². The topological polar surface area (TPSA) is 84.2 Å². The molecule has 6 nitrogen and oxygen atoms in total. The second-order valence-electron chi connectivity index (χ2n) is 4.79. The van der Waals surface area contributed by atoms with Gasteiger partial charge in [-0.3, -0.25) is 4.79 Å². The van der Waals surface area contributed by atoms with Gasteiger partial charge in [0.15, 0.2) is 0 Å². The van der Waals surface area contributed by atoms with Crippen molar-refractivity contribution in [3.05, 3.63) is 50.9 Å². The highest BCUT2D eigenvalue weighted by atomic mass is 35.5. The Hall–Kier alpha value is -2.05. The molecule has 0 bridgehead atoms. The minimum Gasteiger partial charge on any atom is -0.492 e. The zero-order valence-electron chi connectivity index (χ0n) is 11.3. The molecular formula is C14H15ClN4O2. The van der Waals surface area contributed by atoms with Crippen LogP contribution >= 0.6 is 11.6 Å². The van der Waals surface area contributed by atoms with Crippen LogP contribution in [0.4, 0.5) is 5.69 Å². The molecule has 0 spiro atoms. The Bertz CT molecular complexity index is 716. The number of ether oxygens (including phenoxy) is 1. The standard InChI is InChI=1S/C14H15ClN4O2/c15-13-11(6-17-18-14(13)20)19-7-9-2-1-3-12(10(9)8-19)21-5-4-16/h1-3,6H,4-5,7-8,16H2,(H,18,20). The summed E-state index contributed by atoms with van der Waals surface area (Å²) in [7, 11) is 0. The fraction of sp³-hybridized carbons (Fsp3) is 0.286. The maximum atomic E-state index is 11.6. The van der Waals surface area contributed by atoms with Crippen molar-refractivity contribution in [1.82, 2.24) is 10.2 Å². The normalized spacial score (nSPS) is 13.3. The summed E-state index contributed by atoms with van der Waals surface area (Å²) in [6.45, 7) is 2.24. The van der Waals surface area contributed by atoms with Crippen molar-refractivity contribution >= 4 is 17.3 Å². The molecule has 0 aliphatic carbocycles. The van der Waals surface area contributed by atoms with Crippen molar-refractivity contribution in [3.8, 4) is 5.75 Å². The van der Waals surface area contributed by atoms with Gasteiger partial charge in [0, 0.05) is 25.2 Å². The molecule has 7 heteroatoms. The Morgan fingerprint density at radius 3 is 3.10 bits per heavy atom. The number of H-pyrrole nitrogens is 1. The van der Waals surface area contributed by atoms with E-state index in [-0.39, 0.29) is 10.6 Å². The van der Waals surface area contributed by atoms with E-state index in [2.05, 4.69) is 10.2 Å². The molecule has 1 aromatic carbocycles. The SMILES string of the molecule is NCCOc1cccc2c1CN(c1cn[nH]c(=O)c1Cl)C2. The summed E-state index contributed by atoms with van der Waals surface area (Å²) < 4.78 is 5.67. The molecule has 21 heavy (non-hydrogen) atoms. The van der Waals surface area contributed by atoms with Gasteiger partial charge in [-0.2, -0.15) is 5.10 Å². The van der Waals surface area contributed by atoms with Crippen LogP contribution in [-0.2, 0) is 13.1 Å². The number of aromatic nitrogens is 2. The predicted molar refractivity (Wildman–Crippen MR) is 80.7 cm³/mol. The van der Waals surface area contributed by atoms with E-state index >= 15 is 0 Å². The molecule has 1 aliphatic heterocycles. The van der Waals surface area contributed by atoms with Crippen molar-refractivity contribution in [3.63, 3.8) is 0 Å². The van der Waals surface area contributed by atoms with Gasteiger partial charge in [-0.05, 0) is 11.6 Å². The van der Waals surface area contributed by atoms with Gasteiger partial charge in [0.2, 0.25) is 0 Å². The van der Waals surface area contributed by atoms with Crippen LogP contribution < -0.4 is 20.9 Å². The number of fused-ring (bicyclic) bond motifs is 1. The van der Waals surface area contributed by atoms with E-state index in [1.807, 2.05) is 23.1 Å². The molecule has 3 N–H and O–H groups in total. The second kappa shape index (κ2) is 5.75. The van der Waals surface area contributed by atoms with E-state index in [0.717, 1.165) is 16.9 Å². The molecule has 0 fully saturated rings. The van der Waals surface area contributed by atoms with Gasteiger partial charge in [-0.25, -0.2) is 5.10 Å². The van der Waals surface area contributed by atoms with Crippen LogP contribution in [0.15, 0.2) is 29.2 Å². The fourth-order valence-electron chi connectivity index (χ4n) is 2.46. The molecule has 0 amide bonds. The van der Waals surface area contributed by atoms with Crippen molar-refractivity contribution in [2.24, 2.45) is 5.73 Å². The molecule has 1 aromatic heterocycles. The number of nitrogens with zero attached hydrogens (tertiary/aromatic N) is 2. The molecule has 3 rings (SSSR count). The number of aromatic amines is 1. The zero-order chi connectivity index (χ0) is 14.8. The first-order valence-electron chi connectivity index (χ1n) is 6.62. The summed E-state index contributed by atoms with van der Waals surface area (Å²) in [4.78, 5) is 13.6. The Kier molecular flexibility index (Phi) is 3.81. The minimum absolute atomic E-state index is 0.155. The molecule has 2 aromatic rings. The number of anilines is 1. The highest BCUT2D eigenvalue weighted by Crippen LogP contribution is 2.35. The van der Waals surface area contributed by atoms with Crippen molar-refractivity contribution in [1.29, 1.82) is 0 Å². The van der Waals surface area contributed by atoms with Crippen LogP contribution in [0.3, 0.4) is 0 Å². The monoisotopic (exact) mass is 306 g/mol. The minimum atomic E-state index is -0.385. The zero-order valence-corrected chi connectivity index (χ0v) is 12.1. The third kappa shape index (κ3) is 2.59. The average molecular weight is 307 g/mol. The molecule has 110 valence electrons. The first-order chi connectivity index (χ1) is 10.2. The number of hydrogen-bond donors (Lipinski definition) is 2. The van der Waals surface area contributed by atoms with Crippen molar-refractivity contribution in [2.75, 3.05) is 18.1 Å². The number of benzene rings is 1. The summed E-state index contributed by atoms with van der Waals surface area (Å²) in [6, 6.07) is 5.92. The van der Waals surface area contributed by atoms with Crippen LogP contribution in [0.1, 0.15) is 11.1 Å². The summed E-state index contributed by atoms with van der Waals surface area (Å²) in [5.74, 6) is 0.828. The van der Waals surface area contributed by atoms with Crippen molar-refractivity contribution < 1.29 is 4.74 Å². The quantitative estimate of drug-likeness (QED) is 0.889. The van der Waals surface area contributed by atoms with Crippen molar-refractivity contribution in [2.45, 2.75) is 13.1 Å². The number of rotatable bonds is 4. The summed E-state index contributed by atoms with van der Waals surface area (Å²) in [5.41, 5.74) is 7.97. The van der Waals surface area contributed by atoms with E-state index in [1.54, 1.807) is 6.20 Å². The molecule has 0 saturated heterocycles. The van der Waals surface area contributed by atoms with Crippen LogP contribution in [0, 0.1) is 0 Å². The maximum absolute atomic E-state index is 11.6. The van der Waals surface area contributed by atoms with E-state index in [4.69, 9.17) is 22.1 Å². The number of halogens is 1. The second-order valence-corrected chi connectivity index (χ2v) is 5.16. The lowest BCUT2D eigenvalue weighted by atomic mass is 10.1. The molecule has 1 aliphatic rings. The lowest BCUT2D eigenvalue weighted by molar-refractivity contribution is 0.325. The lowest BCUT2D eigenvalue weighted by Crippen LogP contribution is -2.20. The van der Waals surface area contributed by atoms with Crippen LogP contribution in [0.2, 0.25) is 5.02 Å². The summed E-state index contributed by atoms with van der Waals surface area (Å²) >= 11 is 6.07. The first-order valence-corrected chi connectivity index (χ1v) is 7.00. The smallest absolute Gasteiger partial charge is 0.285 e. The van der Waals surface area contributed by atoms with E-state index in [0.29, 0.717) is 31.9 Å². The van der Waals surface area contributed by atoms with E-state index in [9.17, 15) is 4.79 Å². The molecule has 0 unspecified atom stereocenters. The molecular weight excluding hydrogens is 292 g/mol. The Labute approximate surface area is 126 Å². The fourth-order valence-corrected chi connectivity index (χ4v) is 2.67. The van der Waals surface area contributed by atoms with Gasteiger partial charge < -0.3 is 15.4 Å². The average Bonchev–Trinajstić information content (AvgIpc) is 2.92. The number of nitrogens with one attached hydrogen (secondary N) is 1. The van der Waals surface area contributed by atoms with Gasteiger partial charge >= 0.3 is 0 Å². The van der Waals surface area contributed by atoms with Crippen LogP contribution in [-0.4, -0.2) is 23.3 Å². The summed E-state index contributed by atoms with van der Waals surface area (Å²) in [6.07, 6.45) is 1.57. The number of nitrogens with two attached hydrogens (primary N) is 1. The van der Waals surface area contributed by atoms with E-state index < -0.39 is 0 Å². The molecule has 2 heterocycles. The largest absolute Gasteiger partial charge is 0.492 e. The van der Waals surface area contributed by atoms with Gasteiger partial charge in [-0.15, -0.1) is 0 Å². The first kappa shape index (κ1) is 13.9. The third-order valence-electron chi connectivity index (χ3n) is 3.43. The molecule has 0 atom stereocenters. The van der Waals surface area contributed by atoms with Gasteiger partial charge in [0.25, 0.3) is 5.56 Å². The van der Waals surface area contributed by atoms with Gasteiger partial charge in [-0.1, -0.05) is 23.7 Å². The highest BCUT2D eigenvalue weighted by Gasteiger charge is 2.24. The Morgan fingerprint density at radius 1 is 1.43 bits per heavy atom. The maximum Gasteiger partial charge on any atom is 0.285 e. The molecule has 0 radical (unpaired) electrons. The highest BCUT2D eigenvalue weighted by molar-refractivity contribution is 6.33. The lowest BCUT2D eigenvalue weighted by Gasteiger charge is -2.18. The number of hydrogen-bond acceptors (Lipinski definition) is 5. The molecule has 0 saturated carbocycles. The predicted octanol–water partition coefficient (Wildman–Crippen LogP) is 1.28. The Balaban J connectivity index is 1.91. The van der Waals surface area contributed by atoms with Crippen LogP contribution in [0.25, 0.3) is 0 Å². The van der Waals surface area contributed by atoms with E-state index in [1.165, 1.54) is 0 Å². The summed E-state index contributed by atoms with van der Waals surface area (Å²) in [5, 5.41) is 6.29. The Morgan fingerprint density at radius 2 is 2.29 bits per heavy atom. The van der Waals surface area contributed by atoms with Gasteiger partial charge in [0.1, 0.15) is 17.4 Å². The third-order valence-corrected chi connectivity index (χ3v) is 3.80. The van der Waals surface area contributed by atoms with Crippen LogP contribution in [0.5, 0.6) is 5.75 Å².